The van der Waals surface area contributed by atoms with Gasteiger partial charge in [0, 0.05) is 26.0 Å². The van der Waals surface area contributed by atoms with Crippen molar-refractivity contribution in [2.24, 2.45) is 0 Å². The fourth-order valence-corrected chi connectivity index (χ4v) is 4.31. The van der Waals surface area contributed by atoms with Gasteiger partial charge in [0.2, 0.25) is 5.78 Å². The van der Waals surface area contributed by atoms with Gasteiger partial charge in [-0.05, 0) is 38.7 Å². The number of likely N-dealkylation sites (tertiary alicyclic amines) is 1. The number of carbonyl (C=O) groups is 1. The molecule has 0 radical (unpaired) electrons. The molecule has 1 aliphatic carbocycles. The lowest BCUT2D eigenvalue weighted by molar-refractivity contribution is -0.0825. The van der Waals surface area contributed by atoms with Gasteiger partial charge in [0.15, 0.2) is 0 Å². The van der Waals surface area contributed by atoms with Gasteiger partial charge in [-0.25, -0.2) is 9.97 Å². The normalized spacial score (nSPS) is 29.9. The Labute approximate surface area is 140 Å². The first-order chi connectivity index (χ1) is 11.6. The van der Waals surface area contributed by atoms with E-state index in [0.29, 0.717) is 30.1 Å². The van der Waals surface area contributed by atoms with E-state index in [4.69, 9.17) is 4.74 Å². The van der Waals surface area contributed by atoms with Gasteiger partial charge in [-0.3, -0.25) is 9.20 Å². The Morgan fingerprint density at radius 1 is 1.46 bits per heavy atom. The first kappa shape index (κ1) is 15.5. The van der Waals surface area contributed by atoms with E-state index in [2.05, 4.69) is 9.97 Å². The summed E-state index contributed by atoms with van der Waals surface area (Å²) in [4.78, 5) is 23.7. The van der Waals surface area contributed by atoms with Gasteiger partial charge in [0.05, 0.1) is 23.4 Å². The number of hydrogen-bond acceptors (Lipinski definition) is 5. The zero-order chi connectivity index (χ0) is 16.9. The van der Waals surface area contributed by atoms with Crippen LogP contribution >= 0.6 is 0 Å². The van der Waals surface area contributed by atoms with Gasteiger partial charge in [-0.2, -0.15) is 0 Å². The van der Waals surface area contributed by atoms with E-state index in [1.165, 1.54) is 0 Å². The molecule has 1 N–H and O–H groups in total. The summed E-state index contributed by atoms with van der Waals surface area (Å²) in [5.41, 5.74) is 0.886. The lowest BCUT2D eigenvalue weighted by Crippen LogP contribution is -2.53. The molecule has 2 aromatic rings. The van der Waals surface area contributed by atoms with E-state index in [1.807, 2.05) is 18.0 Å². The average molecular weight is 330 g/mol. The predicted octanol–water partition coefficient (Wildman–Crippen LogP) is 1.18. The zero-order valence-corrected chi connectivity index (χ0v) is 14.0. The van der Waals surface area contributed by atoms with E-state index < -0.39 is 0 Å². The molecule has 1 saturated carbocycles. The fraction of sp³-hybridized carbons (Fsp3) is 0.588. The number of aliphatic hydroxyl groups excluding tert-OH is 1. The van der Waals surface area contributed by atoms with Crippen LogP contribution in [0.25, 0.3) is 5.78 Å². The summed E-state index contributed by atoms with van der Waals surface area (Å²) in [7, 11) is 1.71. The molecular weight excluding hydrogens is 308 g/mol. The average Bonchev–Trinajstić information content (AvgIpc) is 3.11. The number of imidazole rings is 1. The van der Waals surface area contributed by atoms with Gasteiger partial charge in [0.1, 0.15) is 5.69 Å². The topological polar surface area (TPSA) is 80.0 Å². The minimum Gasteiger partial charge on any atom is -0.393 e. The minimum absolute atomic E-state index is 0.0639. The molecule has 7 heteroatoms. The number of hydrogen-bond donors (Lipinski definition) is 1. The van der Waals surface area contributed by atoms with E-state index in [-0.39, 0.29) is 23.7 Å². The number of methoxy groups -OCH3 is 1. The molecule has 0 unspecified atom stereocenters. The van der Waals surface area contributed by atoms with Crippen molar-refractivity contribution >= 4 is 11.7 Å². The highest BCUT2D eigenvalue weighted by atomic mass is 16.5. The van der Waals surface area contributed by atoms with Crippen molar-refractivity contribution in [1.29, 1.82) is 0 Å². The van der Waals surface area contributed by atoms with Crippen molar-refractivity contribution in [3.63, 3.8) is 0 Å². The molecule has 2 fully saturated rings. The molecule has 2 aliphatic rings. The number of nitrogens with zero attached hydrogens (tertiary/aromatic N) is 4. The van der Waals surface area contributed by atoms with Crippen LogP contribution in [0.3, 0.4) is 0 Å². The second kappa shape index (κ2) is 5.53. The van der Waals surface area contributed by atoms with Gasteiger partial charge in [-0.1, -0.05) is 0 Å². The first-order valence-electron chi connectivity index (χ1n) is 8.39. The number of aromatic nitrogens is 3. The highest BCUT2D eigenvalue weighted by molar-refractivity contribution is 5.95. The molecule has 0 spiro atoms. The quantitative estimate of drug-likeness (QED) is 0.894. The van der Waals surface area contributed by atoms with Crippen LogP contribution in [0.2, 0.25) is 0 Å². The molecule has 4 rings (SSSR count). The van der Waals surface area contributed by atoms with Crippen LogP contribution in [0, 0.1) is 6.92 Å². The number of carbonyl (C=O) groups excluding carboxylic acids is 1. The maximum Gasteiger partial charge on any atom is 0.273 e. The van der Waals surface area contributed by atoms with Crippen molar-refractivity contribution < 1.29 is 14.6 Å². The van der Waals surface area contributed by atoms with Crippen LogP contribution < -0.4 is 0 Å². The van der Waals surface area contributed by atoms with Crippen molar-refractivity contribution in [3.8, 4) is 0 Å². The van der Waals surface area contributed by atoms with Crippen LogP contribution in [0.4, 0.5) is 0 Å². The standard InChI is InChI=1S/C17H22N4O3/c1-11-14(21-8-3-7-18-16(21)19-11)15(23)20-9-6-17(24-2)5-4-12(22)10-13(17)20/h3,7-8,12-13,22H,4-6,9-10H2,1-2H3/t12-,13-,17+/m0/s1. The smallest absolute Gasteiger partial charge is 0.273 e. The molecule has 3 heterocycles. The van der Waals surface area contributed by atoms with Crippen LogP contribution in [-0.2, 0) is 4.74 Å². The number of fused-ring (bicyclic) bond motifs is 2. The van der Waals surface area contributed by atoms with Gasteiger partial charge < -0.3 is 14.7 Å². The third-order valence-corrected chi connectivity index (χ3v) is 5.60. The van der Waals surface area contributed by atoms with Crippen LogP contribution in [-0.4, -0.2) is 61.7 Å². The van der Waals surface area contributed by atoms with Crippen LogP contribution in [0.15, 0.2) is 18.5 Å². The third kappa shape index (κ3) is 2.15. The summed E-state index contributed by atoms with van der Waals surface area (Å²) < 4.78 is 7.57. The number of ether oxygens (including phenoxy) is 1. The van der Waals surface area contributed by atoms with Crippen molar-refractivity contribution in [3.05, 3.63) is 29.8 Å². The van der Waals surface area contributed by atoms with Gasteiger partial charge in [0.25, 0.3) is 5.91 Å². The lowest BCUT2D eigenvalue weighted by Gasteiger charge is -2.42. The Hall–Kier alpha value is -1.99. The Bertz CT molecular complexity index is 789. The van der Waals surface area contributed by atoms with Gasteiger partial charge >= 0.3 is 0 Å². The molecule has 24 heavy (non-hydrogen) atoms. The summed E-state index contributed by atoms with van der Waals surface area (Å²) in [6.45, 7) is 2.47. The Morgan fingerprint density at radius 2 is 2.29 bits per heavy atom. The first-order valence-corrected chi connectivity index (χ1v) is 8.39. The Morgan fingerprint density at radius 3 is 3.08 bits per heavy atom. The maximum atomic E-state index is 13.3. The van der Waals surface area contributed by atoms with Crippen molar-refractivity contribution in [2.45, 2.75) is 50.4 Å². The Kier molecular flexibility index (Phi) is 3.58. The highest BCUT2D eigenvalue weighted by Gasteiger charge is 2.52. The second-order valence-electron chi connectivity index (χ2n) is 6.80. The molecular formula is C17H22N4O3. The van der Waals surface area contributed by atoms with Crippen LogP contribution in [0.5, 0.6) is 0 Å². The molecule has 1 saturated heterocycles. The summed E-state index contributed by atoms with van der Waals surface area (Å²) in [6.07, 6.45) is 5.98. The molecule has 1 amide bonds. The molecule has 0 bridgehead atoms. The molecule has 128 valence electrons. The number of rotatable bonds is 2. The summed E-state index contributed by atoms with van der Waals surface area (Å²) in [6, 6.07) is 1.69. The van der Waals surface area contributed by atoms with Crippen molar-refractivity contribution in [1.82, 2.24) is 19.3 Å². The SMILES string of the molecule is CO[C@@]12CC[C@H](O)C[C@@H]1N(C(=O)c1c(C)nc3ncccn13)CC2. The predicted molar refractivity (Wildman–Crippen MR) is 86.8 cm³/mol. The molecule has 0 aromatic carbocycles. The fourth-order valence-electron chi connectivity index (χ4n) is 4.31. The third-order valence-electron chi connectivity index (χ3n) is 5.60. The van der Waals surface area contributed by atoms with E-state index >= 15 is 0 Å². The molecule has 7 nitrogen and oxygen atoms in total. The summed E-state index contributed by atoms with van der Waals surface area (Å²) in [5, 5.41) is 10.1. The second-order valence-corrected chi connectivity index (χ2v) is 6.80. The monoisotopic (exact) mass is 330 g/mol. The lowest BCUT2D eigenvalue weighted by atomic mass is 9.79. The van der Waals surface area contributed by atoms with E-state index in [9.17, 15) is 9.90 Å². The number of amides is 1. The minimum atomic E-state index is -0.378. The largest absolute Gasteiger partial charge is 0.393 e. The number of aliphatic hydroxyl groups is 1. The molecule has 2 aromatic heterocycles. The van der Waals surface area contributed by atoms with Crippen LogP contribution in [0.1, 0.15) is 41.9 Å². The Balaban J connectivity index is 1.73. The molecule has 1 aliphatic heterocycles. The summed E-state index contributed by atoms with van der Waals surface area (Å²) in [5.74, 6) is 0.463. The van der Waals surface area contributed by atoms with Crippen molar-refractivity contribution in [2.75, 3.05) is 13.7 Å². The van der Waals surface area contributed by atoms with Gasteiger partial charge in [-0.15, -0.1) is 0 Å². The van der Waals surface area contributed by atoms with E-state index in [1.54, 1.807) is 23.8 Å². The highest BCUT2D eigenvalue weighted by Crippen LogP contribution is 2.43. The number of aryl methyl sites for hydroxylation is 1. The molecule has 3 atom stereocenters. The zero-order valence-electron chi connectivity index (χ0n) is 14.0. The summed E-state index contributed by atoms with van der Waals surface area (Å²) >= 11 is 0. The maximum absolute atomic E-state index is 13.3. The van der Waals surface area contributed by atoms with E-state index in [0.717, 1.165) is 19.3 Å².